The number of rotatable bonds is 7. The largest absolute Gasteiger partial charge is 0.441 e. The van der Waals surface area contributed by atoms with Crippen molar-refractivity contribution in [2.75, 3.05) is 6.54 Å². The maximum absolute atomic E-state index is 12.9. The molecule has 0 atom stereocenters. The monoisotopic (exact) mass is 328 g/mol. The summed E-state index contributed by atoms with van der Waals surface area (Å²) in [7, 11) is 0. The summed E-state index contributed by atoms with van der Waals surface area (Å²) < 4.78 is 18.5. The van der Waals surface area contributed by atoms with E-state index in [1.54, 1.807) is 30.7 Å². The van der Waals surface area contributed by atoms with Gasteiger partial charge in [-0.1, -0.05) is 0 Å². The molecule has 0 saturated heterocycles. The van der Waals surface area contributed by atoms with Crippen molar-refractivity contribution >= 4 is 5.91 Å². The second-order valence-corrected chi connectivity index (χ2v) is 5.26. The smallest absolute Gasteiger partial charge is 0.220 e. The summed E-state index contributed by atoms with van der Waals surface area (Å²) in [6.07, 6.45) is 6.37. The van der Waals surface area contributed by atoms with Gasteiger partial charge in [-0.2, -0.15) is 0 Å². The SMILES string of the molecule is O=C(CCc1ncc(-c2ccc(F)cc2)o1)NCCc1ncc[nH]1. The van der Waals surface area contributed by atoms with Gasteiger partial charge in [0.05, 0.1) is 6.20 Å². The van der Waals surface area contributed by atoms with Crippen LogP contribution in [0.2, 0.25) is 0 Å². The maximum atomic E-state index is 12.9. The van der Waals surface area contributed by atoms with Gasteiger partial charge in [-0.25, -0.2) is 14.4 Å². The molecule has 0 saturated carbocycles. The molecule has 0 unspecified atom stereocenters. The average molecular weight is 328 g/mol. The van der Waals surface area contributed by atoms with Gasteiger partial charge < -0.3 is 14.7 Å². The molecule has 0 aliphatic rings. The second-order valence-electron chi connectivity index (χ2n) is 5.26. The Kier molecular flexibility index (Phi) is 5.00. The van der Waals surface area contributed by atoms with E-state index < -0.39 is 0 Å². The third kappa shape index (κ3) is 4.28. The summed E-state index contributed by atoms with van der Waals surface area (Å²) in [5.74, 6) is 1.51. The molecule has 1 amide bonds. The van der Waals surface area contributed by atoms with Crippen molar-refractivity contribution in [3.05, 3.63) is 60.4 Å². The number of nitrogens with one attached hydrogen (secondary N) is 2. The molecule has 0 fully saturated rings. The van der Waals surface area contributed by atoms with Crippen molar-refractivity contribution in [2.45, 2.75) is 19.3 Å². The Labute approximate surface area is 138 Å². The number of halogens is 1. The Bertz CT molecular complexity index is 781. The van der Waals surface area contributed by atoms with E-state index in [1.807, 2.05) is 0 Å². The second kappa shape index (κ2) is 7.54. The highest BCUT2D eigenvalue weighted by Crippen LogP contribution is 2.21. The number of carbonyl (C=O) groups excluding carboxylic acids is 1. The zero-order valence-electron chi connectivity index (χ0n) is 13.0. The number of amides is 1. The van der Waals surface area contributed by atoms with E-state index >= 15 is 0 Å². The maximum Gasteiger partial charge on any atom is 0.220 e. The number of carbonyl (C=O) groups is 1. The van der Waals surface area contributed by atoms with Crippen LogP contribution in [0.25, 0.3) is 11.3 Å². The quantitative estimate of drug-likeness (QED) is 0.698. The lowest BCUT2D eigenvalue weighted by molar-refractivity contribution is -0.121. The number of oxazole rings is 1. The van der Waals surface area contributed by atoms with Gasteiger partial charge in [0.15, 0.2) is 11.7 Å². The Morgan fingerprint density at radius 1 is 1.21 bits per heavy atom. The first-order valence-electron chi connectivity index (χ1n) is 7.66. The first kappa shape index (κ1) is 15.9. The van der Waals surface area contributed by atoms with Crippen LogP contribution in [0.5, 0.6) is 0 Å². The minimum atomic E-state index is -0.301. The van der Waals surface area contributed by atoms with E-state index in [0.29, 0.717) is 37.5 Å². The van der Waals surface area contributed by atoms with E-state index in [9.17, 15) is 9.18 Å². The predicted octanol–water partition coefficient (Wildman–Crippen LogP) is 2.50. The van der Waals surface area contributed by atoms with Crippen molar-refractivity contribution in [1.29, 1.82) is 0 Å². The molecule has 7 heteroatoms. The molecule has 0 aliphatic carbocycles. The number of imidazole rings is 1. The minimum Gasteiger partial charge on any atom is -0.441 e. The van der Waals surface area contributed by atoms with Gasteiger partial charge in [-0.05, 0) is 24.3 Å². The summed E-state index contributed by atoms with van der Waals surface area (Å²) in [5, 5.41) is 2.83. The van der Waals surface area contributed by atoms with Crippen LogP contribution < -0.4 is 5.32 Å². The Morgan fingerprint density at radius 3 is 2.79 bits per heavy atom. The van der Waals surface area contributed by atoms with Gasteiger partial charge in [-0.15, -0.1) is 0 Å². The van der Waals surface area contributed by atoms with E-state index in [4.69, 9.17) is 4.42 Å². The van der Waals surface area contributed by atoms with E-state index in [0.717, 1.165) is 11.4 Å². The lowest BCUT2D eigenvalue weighted by Crippen LogP contribution is -2.26. The number of nitrogens with zero attached hydrogens (tertiary/aromatic N) is 2. The molecule has 124 valence electrons. The molecule has 0 radical (unpaired) electrons. The lowest BCUT2D eigenvalue weighted by Gasteiger charge is -2.02. The van der Waals surface area contributed by atoms with Crippen LogP contribution in [0.3, 0.4) is 0 Å². The fourth-order valence-corrected chi connectivity index (χ4v) is 2.24. The van der Waals surface area contributed by atoms with Crippen LogP contribution in [0.1, 0.15) is 18.1 Å². The Balaban J connectivity index is 1.44. The molecule has 0 aliphatic heterocycles. The summed E-state index contributed by atoms with van der Waals surface area (Å²) in [4.78, 5) is 23.0. The molecule has 3 aromatic rings. The van der Waals surface area contributed by atoms with Gasteiger partial charge in [-0.3, -0.25) is 4.79 Å². The van der Waals surface area contributed by atoms with Crippen molar-refractivity contribution in [3.8, 4) is 11.3 Å². The van der Waals surface area contributed by atoms with Gasteiger partial charge in [0.1, 0.15) is 11.6 Å². The van der Waals surface area contributed by atoms with Crippen LogP contribution in [0.15, 0.2) is 47.3 Å². The summed E-state index contributed by atoms with van der Waals surface area (Å²) >= 11 is 0. The van der Waals surface area contributed by atoms with E-state index in [1.165, 1.54) is 12.1 Å². The Morgan fingerprint density at radius 2 is 2.04 bits per heavy atom. The molecule has 2 aromatic heterocycles. The highest BCUT2D eigenvalue weighted by molar-refractivity contribution is 5.76. The molecule has 1 aromatic carbocycles. The van der Waals surface area contributed by atoms with Crippen LogP contribution >= 0.6 is 0 Å². The predicted molar refractivity (Wildman–Crippen MR) is 85.5 cm³/mol. The van der Waals surface area contributed by atoms with E-state index in [2.05, 4.69) is 20.3 Å². The van der Waals surface area contributed by atoms with Gasteiger partial charge in [0.2, 0.25) is 5.91 Å². The first-order valence-corrected chi connectivity index (χ1v) is 7.66. The van der Waals surface area contributed by atoms with Crippen LogP contribution in [0.4, 0.5) is 4.39 Å². The Hall–Kier alpha value is -2.96. The van der Waals surface area contributed by atoms with Crippen molar-refractivity contribution in [1.82, 2.24) is 20.3 Å². The van der Waals surface area contributed by atoms with Crippen LogP contribution in [0, 0.1) is 5.82 Å². The number of hydrogen-bond donors (Lipinski definition) is 2. The number of aromatic nitrogens is 3. The van der Waals surface area contributed by atoms with Gasteiger partial charge >= 0.3 is 0 Å². The fourth-order valence-electron chi connectivity index (χ4n) is 2.24. The zero-order chi connectivity index (χ0) is 16.8. The molecular formula is C17H17FN4O2. The number of aryl methyl sites for hydroxylation is 1. The normalized spacial score (nSPS) is 10.7. The average Bonchev–Trinajstić information content (AvgIpc) is 3.25. The third-order valence-corrected chi connectivity index (χ3v) is 3.49. The molecular weight excluding hydrogens is 311 g/mol. The molecule has 6 nitrogen and oxygen atoms in total. The molecule has 2 heterocycles. The minimum absolute atomic E-state index is 0.0666. The molecule has 3 rings (SSSR count). The topological polar surface area (TPSA) is 83.8 Å². The van der Waals surface area contributed by atoms with E-state index in [-0.39, 0.29) is 11.7 Å². The van der Waals surface area contributed by atoms with Crippen LogP contribution in [-0.2, 0) is 17.6 Å². The van der Waals surface area contributed by atoms with Gasteiger partial charge in [0.25, 0.3) is 0 Å². The fraction of sp³-hybridized carbons (Fsp3) is 0.235. The summed E-state index contributed by atoms with van der Waals surface area (Å²) in [6, 6.07) is 5.98. The molecule has 2 N–H and O–H groups in total. The number of hydrogen-bond acceptors (Lipinski definition) is 4. The van der Waals surface area contributed by atoms with Crippen molar-refractivity contribution < 1.29 is 13.6 Å². The summed E-state index contributed by atoms with van der Waals surface area (Å²) in [5.41, 5.74) is 0.748. The molecule has 0 bridgehead atoms. The third-order valence-electron chi connectivity index (χ3n) is 3.49. The van der Waals surface area contributed by atoms with Crippen LogP contribution in [-0.4, -0.2) is 27.4 Å². The molecule has 0 spiro atoms. The standard InChI is InChI=1S/C17H17FN4O2/c18-13-3-1-12(2-4-13)14-11-22-17(24-14)6-5-16(23)21-8-7-15-19-9-10-20-15/h1-4,9-11H,5-8H2,(H,19,20)(H,21,23). The summed E-state index contributed by atoms with van der Waals surface area (Å²) in [6.45, 7) is 0.527. The van der Waals surface area contributed by atoms with Crippen molar-refractivity contribution in [2.24, 2.45) is 0 Å². The molecule has 24 heavy (non-hydrogen) atoms. The zero-order valence-corrected chi connectivity index (χ0v) is 13.0. The highest BCUT2D eigenvalue weighted by Gasteiger charge is 2.09. The number of H-pyrrole nitrogens is 1. The first-order chi connectivity index (χ1) is 11.7. The van der Waals surface area contributed by atoms with Crippen molar-refractivity contribution in [3.63, 3.8) is 0 Å². The lowest BCUT2D eigenvalue weighted by atomic mass is 10.2. The number of aromatic amines is 1. The highest BCUT2D eigenvalue weighted by atomic mass is 19.1. The van der Waals surface area contributed by atoms with Gasteiger partial charge in [0, 0.05) is 43.8 Å². The number of benzene rings is 1.